The van der Waals surface area contributed by atoms with Crippen LogP contribution in [0.3, 0.4) is 0 Å². The van der Waals surface area contributed by atoms with E-state index in [4.69, 9.17) is 4.74 Å². The summed E-state index contributed by atoms with van der Waals surface area (Å²) in [6, 6.07) is 18.5. The number of fused-ring (bicyclic) bond motifs is 1. The van der Waals surface area contributed by atoms with Gasteiger partial charge in [-0.15, -0.1) is 6.58 Å². The van der Waals surface area contributed by atoms with Crippen molar-refractivity contribution in [2.45, 2.75) is 70.3 Å². The van der Waals surface area contributed by atoms with Gasteiger partial charge in [0, 0.05) is 6.61 Å². The molecule has 1 heteroatoms. The summed E-state index contributed by atoms with van der Waals surface area (Å²) in [5, 5.41) is 0. The predicted molar refractivity (Wildman–Crippen MR) is 123 cm³/mol. The highest BCUT2D eigenvalue weighted by molar-refractivity contribution is 5.64. The standard InChI is InChI=1S/C28H36O/c1-3-5-6-21-7-9-22(10-8-21)23-11-13-24(14-12-23)25-15-16-27-20-28(29-4-2)18-17-26(27)19-25/h3,7-14,25-28H,1,4-6,15-20H2,2H3. The van der Waals surface area contributed by atoms with Crippen LogP contribution < -0.4 is 0 Å². The van der Waals surface area contributed by atoms with Crippen LogP contribution in [0.5, 0.6) is 0 Å². The van der Waals surface area contributed by atoms with E-state index in [2.05, 4.69) is 62.0 Å². The molecule has 2 fully saturated rings. The first-order valence-corrected chi connectivity index (χ1v) is 11.7. The summed E-state index contributed by atoms with van der Waals surface area (Å²) in [4.78, 5) is 0. The molecular weight excluding hydrogens is 352 g/mol. The van der Waals surface area contributed by atoms with Crippen molar-refractivity contribution in [3.8, 4) is 11.1 Å². The van der Waals surface area contributed by atoms with Crippen LogP contribution in [0.2, 0.25) is 0 Å². The fourth-order valence-corrected chi connectivity index (χ4v) is 5.62. The van der Waals surface area contributed by atoms with Crippen LogP contribution in [0.25, 0.3) is 11.1 Å². The highest BCUT2D eigenvalue weighted by Crippen LogP contribution is 2.46. The lowest BCUT2D eigenvalue weighted by atomic mass is 9.65. The molecular formula is C28H36O. The van der Waals surface area contributed by atoms with E-state index in [9.17, 15) is 0 Å². The van der Waals surface area contributed by atoms with Gasteiger partial charge in [-0.2, -0.15) is 0 Å². The summed E-state index contributed by atoms with van der Waals surface area (Å²) >= 11 is 0. The molecule has 4 atom stereocenters. The van der Waals surface area contributed by atoms with Gasteiger partial charge in [0.1, 0.15) is 0 Å². The zero-order valence-corrected chi connectivity index (χ0v) is 18.0. The molecule has 0 saturated heterocycles. The lowest BCUT2D eigenvalue weighted by molar-refractivity contribution is -0.00955. The number of aryl methyl sites for hydroxylation is 1. The molecule has 2 aromatic carbocycles. The molecule has 0 amide bonds. The molecule has 4 rings (SSSR count). The van der Waals surface area contributed by atoms with Crippen molar-refractivity contribution < 1.29 is 4.74 Å². The number of rotatable bonds is 7. The van der Waals surface area contributed by atoms with Crippen molar-refractivity contribution in [1.82, 2.24) is 0 Å². The molecule has 2 saturated carbocycles. The molecule has 2 aromatic rings. The van der Waals surface area contributed by atoms with Gasteiger partial charge in [0.2, 0.25) is 0 Å². The van der Waals surface area contributed by atoms with Gasteiger partial charge in [0.25, 0.3) is 0 Å². The van der Waals surface area contributed by atoms with Crippen molar-refractivity contribution in [2.75, 3.05) is 6.61 Å². The third-order valence-electron chi connectivity index (χ3n) is 7.27. The second-order valence-electron chi connectivity index (χ2n) is 9.07. The van der Waals surface area contributed by atoms with Crippen molar-refractivity contribution in [2.24, 2.45) is 11.8 Å². The molecule has 0 radical (unpaired) electrons. The topological polar surface area (TPSA) is 9.23 Å². The van der Waals surface area contributed by atoms with Crippen LogP contribution in [-0.2, 0) is 11.2 Å². The van der Waals surface area contributed by atoms with Crippen molar-refractivity contribution in [3.63, 3.8) is 0 Å². The summed E-state index contributed by atoms with van der Waals surface area (Å²) in [6.45, 7) is 6.81. The van der Waals surface area contributed by atoms with Crippen molar-refractivity contribution in [3.05, 3.63) is 72.3 Å². The molecule has 0 heterocycles. The predicted octanol–water partition coefficient (Wildman–Crippen LogP) is 7.56. The molecule has 2 aliphatic carbocycles. The Hall–Kier alpha value is -1.86. The SMILES string of the molecule is C=CCCc1ccc(-c2ccc(C3CCC4CC(OCC)CCC4C3)cc2)cc1. The Kier molecular flexibility index (Phi) is 6.87. The fraction of sp³-hybridized carbons (Fsp3) is 0.500. The lowest BCUT2D eigenvalue weighted by Gasteiger charge is -2.42. The minimum Gasteiger partial charge on any atom is -0.378 e. The molecule has 4 unspecified atom stereocenters. The van der Waals surface area contributed by atoms with Gasteiger partial charge in [-0.25, -0.2) is 0 Å². The highest BCUT2D eigenvalue weighted by Gasteiger charge is 2.36. The average molecular weight is 389 g/mol. The number of hydrogen-bond donors (Lipinski definition) is 0. The smallest absolute Gasteiger partial charge is 0.0577 e. The zero-order valence-electron chi connectivity index (χ0n) is 18.0. The number of allylic oxidation sites excluding steroid dienone is 1. The van der Waals surface area contributed by atoms with Gasteiger partial charge in [0.15, 0.2) is 0 Å². The van der Waals surface area contributed by atoms with Gasteiger partial charge in [-0.05, 0) is 98.3 Å². The molecule has 0 aromatic heterocycles. The van der Waals surface area contributed by atoms with E-state index in [1.807, 2.05) is 6.08 Å². The Morgan fingerprint density at radius 3 is 2.21 bits per heavy atom. The normalized spacial score (nSPS) is 26.7. The first kappa shape index (κ1) is 20.4. The summed E-state index contributed by atoms with van der Waals surface area (Å²) < 4.78 is 5.92. The lowest BCUT2D eigenvalue weighted by Crippen LogP contribution is -2.33. The zero-order chi connectivity index (χ0) is 20.1. The number of benzene rings is 2. The van der Waals surface area contributed by atoms with Gasteiger partial charge >= 0.3 is 0 Å². The van der Waals surface area contributed by atoms with Crippen LogP contribution in [0.1, 0.15) is 68.9 Å². The third kappa shape index (κ3) is 5.01. The number of ether oxygens (including phenoxy) is 1. The quantitative estimate of drug-likeness (QED) is 0.445. The van der Waals surface area contributed by atoms with Crippen LogP contribution in [0, 0.1) is 11.8 Å². The van der Waals surface area contributed by atoms with Crippen LogP contribution in [0.15, 0.2) is 61.2 Å². The molecule has 154 valence electrons. The van der Waals surface area contributed by atoms with E-state index in [0.717, 1.165) is 37.2 Å². The Morgan fingerprint density at radius 1 is 0.862 bits per heavy atom. The van der Waals surface area contributed by atoms with E-state index >= 15 is 0 Å². The maximum atomic E-state index is 5.92. The van der Waals surface area contributed by atoms with Crippen molar-refractivity contribution in [1.29, 1.82) is 0 Å². The average Bonchev–Trinajstić information content (AvgIpc) is 2.78. The monoisotopic (exact) mass is 388 g/mol. The summed E-state index contributed by atoms with van der Waals surface area (Å²) in [6.07, 6.45) is 12.7. The summed E-state index contributed by atoms with van der Waals surface area (Å²) in [5.74, 6) is 2.55. The van der Waals surface area contributed by atoms with Gasteiger partial charge in [-0.3, -0.25) is 0 Å². The second kappa shape index (κ2) is 9.76. The fourth-order valence-electron chi connectivity index (χ4n) is 5.62. The molecule has 1 nitrogen and oxygen atoms in total. The van der Waals surface area contributed by atoms with E-state index < -0.39 is 0 Å². The first-order valence-electron chi connectivity index (χ1n) is 11.7. The Balaban J connectivity index is 1.37. The molecule has 2 aliphatic rings. The molecule has 0 spiro atoms. The van der Waals surface area contributed by atoms with E-state index in [-0.39, 0.29) is 0 Å². The van der Waals surface area contributed by atoms with Crippen LogP contribution in [-0.4, -0.2) is 12.7 Å². The minimum absolute atomic E-state index is 0.528. The molecule has 0 N–H and O–H groups in total. The molecule has 0 bridgehead atoms. The van der Waals surface area contributed by atoms with E-state index in [0.29, 0.717) is 6.10 Å². The van der Waals surface area contributed by atoms with Crippen LogP contribution in [0.4, 0.5) is 0 Å². The Morgan fingerprint density at radius 2 is 1.52 bits per heavy atom. The van der Waals surface area contributed by atoms with Gasteiger partial charge in [0.05, 0.1) is 6.10 Å². The van der Waals surface area contributed by atoms with E-state index in [1.165, 1.54) is 55.2 Å². The van der Waals surface area contributed by atoms with Gasteiger partial charge < -0.3 is 4.74 Å². The Labute approximate surface area is 177 Å². The van der Waals surface area contributed by atoms with E-state index in [1.54, 1.807) is 5.56 Å². The highest BCUT2D eigenvalue weighted by atomic mass is 16.5. The van der Waals surface area contributed by atoms with Crippen molar-refractivity contribution >= 4 is 0 Å². The maximum Gasteiger partial charge on any atom is 0.0577 e. The first-order chi connectivity index (χ1) is 14.3. The van der Waals surface area contributed by atoms with Crippen LogP contribution >= 0.6 is 0 Å². The summed E-state index contributed by atoms with van der Waals surface area (Å²) in [7, 11) is 0. The maximum absolute atomic E-state index is 5.92. The molecule has 29 heavy (non-hydrogen) atoms. The minimum atomic E-state index is 0.528. The summed E-state index contributed by atoms with van der Waals surface area (Å²) in [5.41, 5.74) is 5.58. The Bertz CT molecular complexity index is 773. The molecule has 0 aliphatic heterocycles. The number of hydrogen-bond acceptors (Lipinski definition) is 1. The van der Waals surface area contributed by atoms with Gasteiger partial charge in [-0.1, -0.05) is 54.6 Å². The largest absolute Gasteiger partial charge is 0.378 e. The second-order valence-corrected chi connectivity index (χ2v) is 9.07. The third-order valence-corrected chi connectivity index (χ3v) is 7.27.